The summed E-state index contributed by atoms with van der Waals surface area (Å²) in [6.45, 7) is 1.92. The first-order chi connectivity index (χ1) is 6.63. The number of nitrogens with two attached hydrogens (primary N) is 1. The van der Waals surface area contributed by atoms with Crippen LogP contribution in [0.5, 0.6) is 5.75 Å². The van der Waals surface area contributed by atoms with Gasteiger partial charge in [0.1, 0.15) is 5.75 Å². The summed E-state index contributed by atoms with van der Waals surface area (Å²) in [6, 6.07) is 4.56. The number of nitrogens with one attached hydrogen (secondary N) is 1. The van der Waals surface area contributed by atoms with Crippen LogP contribution in [0.1, 0.15) is 19.8 Å². The van der Waals surface area contributed by atoms with Crippen molar-refractivity contribution < 1.29 is 9.90 Å². The number of phenolic OH excluding ortho intramolecular Hbond substituents is 1. The van der Waals surface area contributed by atoms with E-state index >= 15 is 0 Å². The van der Waals surface area contributed by atoms with E-state index < -0.39 is 0 Å². The van der Waals surface area contributed by atoms with Crippen LogP contribution in [0.25, 0.3) is 0 Å². The number of aromatic hydroxyl groups is 1. The Hall–Kier alpha value is -1.71. The molecule has 4 nitrogen and oxygen atoms in total. The molecule has 0 bridgehead atoms. The van der Waals surface area contributed by atoms with Crippen molar-refractivity contribution in [3.63, 3.8) is 0 Å². The molecule has 1 aromatic rings. The van der Waals surface area contributed by atoms with E-state index in [1.807, 2.05) is 6.92 Å². The van der Waals surface area contributed by atoms with Crippen LogP contribution in [-0.2, 0) is 4.79 Å². The number of nitrogen functional groups attached to an aromatic ring is 1. The molecule has 0 fully saturated rings. The number of hydrogen-bond acceptors (Lipinski definition) is 3. The Morgan fingerprint density at radius 2 is 2.29 bits per heavy atom. The highest BCUT2D eigenvalue weighted by molar-refractivity contribution is 5.92. The van der Waals surface area contributed by atoms with Crippen molar-refractivity contribution in [2.24, 2.45) is 0 Å². The zero-order chi connectivity index (χ0) is 10.6. The van der Waals surface area contributed by atoms with Crippen LogP contribution < -0.4 is 11.1 Å². The lowest BCUT2D eigenvalue weighted by atomic mass is 10.2. The Morgan fingerprint density at radius 3 is 2.93 bits per heavy atom. The van der Waals surface area contributed by atoms with Gasteiger partial charge in [-0.1, -0.05) is 6.92 Å². The molecule has 0 atom stereocenters. The molecule has 1 amide bonds. The molecule has 76 valence electrons. The van der Waals surface area contributed by atoms with E-state index in [9.17, 15) is 9.90 Å². The lowest BCUT2D eigenvalue weighted by Gasteiger charge is -2.07. The smallest absolute Gasteiger partial charge is 0.224 e. The van der Waals surface area contributed by atoms with Gasteiger partial charge in [0.05, 0.1) is 5.69 Å². The molecule has 0 aliphatic heterocycles. The molecular weight excluding hydrogens is 180 g/mol. The van der Waals surface area contributed by atoms with Gasteiger partial charge in [-0.15, -0.1) is 0 Å². The van der Waals surface area contributed by atoms with Gasteiger partial charge in [0.15, 0.2) is 0 Å². The minimum Gasteiger partial charge on any atom is -0.506 e. The minimum absolute atomic E-state index is 0.0312. The SMILES string of the molecule is CCCC(=O)Nc1cc(N)ccc1O. The van der Waals surface area contributed by atoms with E-state index in [0.29, 0.717) is 17.8 Å². The number of anilines is 2. The molecule has 1 aromatic carbocycles. The summed E-state index contributed by atoms with van der Waals surface area (Å²) in [5, 5.41) is 12.0. The van der Waals surface area contributed by atoms with Gasteiger partial charge in [-0.25, -0.2) is 0 Å². The average Bonchev–Trinajstić information content (AvgIpc) is 2.12. The number of carbonyl (C=O) groups excluding carboxylic acids is 1. The number of hydrogen-bond donors (Lipinski definition) is 3. The summed E-state index contributed by atoms with van der Waals surface area (Å²) >= 11 is 0. The third-order valence-corrected chi connectivity index (χ3v) is 1.77. The zero-order valence-corrected chi connectivity index (χ0v) is 8.08. The van der Waals surface area contributed by atoms with Crippen molar-refractivity contribution >= 4 is 17.3 Å². The van der Waals surface area contributed by atoms with E-state index in [4.69, 9.17) is 5.73 Å². The van der Waals surface area contributed by atoms with Gasteiger partial charge in [0.2, 0.25) is 5.91 Å². The zero-order valence-electron chi connectivity index (χ0n) is 8.08. The second-order valence-corrected chi connectivity index (χ2v) is 3.07. The second-order valence-electron chi connectivity index (χ2n) is 3.07. The van der Waals surface area contributed by atoms with Gasteiger partial charge in [0.25, 0.3) is 0 Å². The molecule has 0 heterocycles. The Bertz CT molecular complexity index is 337. The number of rotatable bonds is 3. The molecule has 0 spiro atoms. The summed E-state index contributed by atoms with van der Waals surface area (Å²) in [5.41, 5.74) is 6.39. The summed E-state index contributed by atoms with van der Waals surface area (Å²) in [5.74, 6) is -0.0861. The van der Waals surface area contributed by atoms with Gasteiger partial charge < -0.3 is 16.2 Å². The monoisotopic (exact) mass is 194 g/mol. The predicted molar refractivity (Wildman–Crippen MR) is 56.1 cm³/mol. The molecule has 0 radical (unpaired) electrons. The third kappa shape index (κ3) is 2.65. The highest BCUT2D eigenvalue weighted by atomic mass is 16.3. The summed E-state index contributed by atoms with van der Waals surface area (Å²) in [6.07, 6.45) is 1.21. The molecule has 0 aromatic heterocycles. The maximum atomic E-state index is 11.2. The first-order valence-electron chi connectivity index (χ1n) is 4.52. The molecule has 0 saturated carbocycles. The Morgan fingerprint density at radius 1 is 1.57 bits per heavy atom. The summed E-state index contributed by atoms with van der Waals surface area (Å²) < 4.78 is 0. The molecule has 0 aliphatic carbocycles. The standard InChI is InChI=1S/C10H14N2O2/c1-2-3-10(14)12-8-6-7(11)4-5-9(8)13/h4-6,13H,2-3,11H2,1H3,(H,12,14). The fourth-order valence-corrected chi connectivity index (χ4v) is 1.09. The first kappa shape index (κ1) is 10.4. The second kappa shape index (κ2) is 4.50. The van der Waals surface area contributed by atoms with Gasteiger partial charge in [-0.3, -0.25) is 4.79 Å². The van der Waals surface area contributed by atoms with Crippen LogP contribution in [0.15, 0.2) is 18.2 Å². The molecule has 4 N–H and O–H groups in total. The fraction of sp³-hybridized carbons (Fsp3) is 0.300. The third-order valence-electron chi connectivity index (χ3n) is 1.77. The van der Waals surface area contributed by atoms with Crippen molar-refractivity contribution in [2.45, 2.75) is 19.8 Å². The molecule has 0 aliphatic rings. The van der Waals surface area contributed by atoms with Crippen LogP contribution in [0, 0.1) is 0 Å². The predicted octanol–water partition coefficient (Wildman–Crippen LogP) is 1.71. The van der Waals surface area contributed by atoms with Gasteiger partial charge in [0, 0.05) is 12.1 Å². The number of phenols is 1. The molecule has 0 saturated heterocycles. The van der Waals surface area contributed by atoms with Crippen molar-refractivity contribution in [1.82, 2.24) is 0 Å². The Labute approximate surface area is 82.7 Å². The minimum atomic E-state index is -0.117. The number of carbonyl (C=O) groups is 1. The molecule has 1 rings (SSSR count). The Kier molecular flexibility index (Phi) is 3.34. The average molecular weight is 194 g/mol. The fourth-order valence-electron chi connectivity index (χ4n) is 1.09. The van der Waals surface area contributed by atoms with Crippen LogP contribution in [0.2, 0.25) is 0 Å². The normalized spacial score (nSPS) is 9.79. The summed E-state index contributed by atoms with van der Waals surface area (Å²) in [7, 11) is 0. The van der Waals surface area contributed by atoms with Crippen LogP contribution >= 0.6 is 0 Å². The molecule has 14 heavy (non-hydrogen) atoms. The van der Waals surface area contributed by atoms with Crippen molar-refractivity contribution in [3.8, 4) is 5.75 Å². The lowest BCUT2D eigenvalue weighted by molar-refractivity contribution is -0.116. The number of amides is 1. The summed E-state index contributed by atoms with van der Waals surface area (Å²) in [4.78, 5) is 11.2. The molecule has 0 unspecified atom stereocenters. The van der Waals surface area contributed by atoms with Crippen molar-refractivity contribution in [3.05, 3.63) is 18.2 Å². The highest BCUT2D eigenvalue weighted by Crippen LogP contribution is 2.25. The lowest BCUT2D eigenvalue weighted by Crippen LogP contribution is -2.10. The number of benzene rings is 1. The van der Waals surface area contributed by atoms with Crippen LogP contribution in [0.3, 0.4) is 0 Å². The molecule has 4 heteroatoms. The van der Waals surface area contributed by atoms with Crippen LogP contribution in [0.4, 0.5) is 11.4 Å². The maximum absolute atomic E-state index is 11.2. The van der Waals surface area contributed by atoms with E-state index in [1.54, 1.807) is 6.07 Å². The van der Waals surface area contributed by atoms with Crippen LogP contribution in [-0.4, -0.2) is 11.0 Å². The van der Waals surface area contributed by atoms with Crippen molar-refractivity contribution in [2.75, 3.05) is 11.1 Å². The van der Waals surface area contributed by atoms with E-state index in [-0.39, 0.29) is 11.7 Å². The van der Waals surface area contributed by atoms with Gasteiger partial charge >= 0.3 is 0 Å². The van der Waals surface area contributed by atoms with E-state index in [1.165, 1.54) is 12.1 Å². The van der Waals surface area contributed by atoms with E-state index in [0.717, 1.165) is 6.42 Å². The largest absolute Gasteiger partial charge is 0.506 e. The Balaban J connectivity index is 2.75. The van der Waals surface area contributed by atoms with Gasteiger partial charge in [-0.05, 0) is 24.6 Å². The van der Waals surface area contributed by atoms with Crippen molar-refractivity contribution in [1.29, 1.82) is 0 Å². The topological polar surface area (TPSA) is 75.4 Å². The maximum Gasteiger partial charge on any atom is 0.224 e. The quantitative estimate of drug-likeness (QED) is 0.389. The van der Waals surface area contributed by atoms with Gasteiger partial charge in [-0.2, -0.15) is 0 Å². The first-order valence-corrected chi connectivity index (χ1v) is 4.52. The highest BCUT2D eigenvalue weighted by Gasteiger charge is 2.05. The van der Waals surface area contributed by atoms with E-state index in [2.05, 4.69) is 5.32 Å². The molecular formula is C10H14N2O2.